The van der Waals surface area contributed by atoms with Crippen LogP contribution in [0, 0.1) is 0 Å². The second-order valence-corrected chi connectivity index (χ2v) is 6.07. The SMILES string of the molecule is CCc1ccc(OC)c(-c2cn3cc(CC(=O)O)sc3n2)c1. The third-order valence-corrected chi connectivity index (χ3v) is 4.47. The Hall–Kier alpha value is -2.34. The fraction of sp³-hybridized carbons (Fsp3) is 0.250. The maximum atomic E-state index is 10.8. The molecule has 2 aromatic heterocycles. The molecule has 2 heterocycles. The highest BCUT2D eigenvalue weighted by Gasteiger charge is 2.13. The van der Waals surface area contributed by atoms with E-state index >= 15 is 0 Å². The minimum absolute atomic E-state index is 0.0258. The van der Waals surface area contributed by atoms with Crippen LogP contribution in [0.4, 0.5) is 0 Å². The van der Waals surface area contributed by atoms with Crippen molar-refractivity contribution in [1.29, 1.82) is 0 Å². The maximum Gasteiger partial charge on any atom is 0.308 e. The first kappa shape index (κ1) is 14.6. The van der Waals surface area contributed by atoms with Crippen LogP contribution in [-0.2, 0) is 17.6 Å². The summed E-state index contributed by atoms with van der Waals surface area (Å²) >= 11 is 1.39. The molecule has 1 N–H and O–H groups in total. The highest BCUT2D eigenvalue weighted by molar-refractivity contribution is 7.17. The fourth-order valence-corrected chi connectivity index (χ4v) is 3.33. The van der Waals surface area contributed by atoms with Gasteiger partial charge in [-0.2, -0.15) is 0 Å². The van der Waals surface area contributed by atoms with Crippen molar-refractivity contribution < 1.29 is 14.6 Å². The third kappa shape index (κ3) is 2.69. The third-order valence-electron chi connectivity index (χ3n) is 3.48. The Morgan fingerprint density at radius 2 is 2.23 bits per heavy atom. The first-order valence-electron chi connectivity index (χ1n) is 6.97. The second-order valence-electron chi connectivity index (χ2n) is 4.97. The molecule has 0 saturated carbocycles. The zero-order valence-corrected chi connectivity index (χ0v) is 13.2. The number of methoxy groups -OCH3 is 1. The summed E-state index contributed by atoms with van der Waals surface area (Å²) in [4.78, 5) is 16.9. The van der Waals surface area contributed by atoms with Crippen LogP contribution in [0.1, 0.15) is 17.4 Å². The van der Waals surface area contributed by atoms with Crippen LogP contribution in [-0.4, -0.2) is 27.6 Å². The molecule has 0 spiro atoms. The van der Waals surface area contributed by atoms with Gasteiger partial charge in [0.1, 0.15) is 5.75 Å². The van der Waals surface area contributed by atoms with Crippen LogP contribution < -0.4 is 4.74 Å². The lowest BCUT2D eigenvalue weighted by molar-refractivity contribution is -0.136. The summed E-state index contributed by atoms with van der Waals surface area (Å²) in [7, 11) is 1.65. The molecule has 0 bridgehead atoms. The minimum atomic E-state index is -0.831. The van der Waals surface area contributed by atoms with E-state index in [1.54, 1.807) is 7.11 Å². The Balaban J connectivity index is 2.03. The van der Waals surface area contributed by atoms with Crippen LogP contribution in [0.25, 0.3) is 16.2 Å². The molecule has 3 aromatic rings. The number of nitrogens with zero attached hydrogens (tertiary/aromatic N) is 2. The number of carbonyl (C=O) groups is 1. The molecule has 0 aliphatic rings. The molecule has 114 valence electrons. The molecule has 0 fully saturated rings. The van der Waals surface area contributed by atoms with Gasteiger partial charge in [-0.1, -0.05) is 13.0 Å². The molecule has 6 heteroatoms. The van der Waals surface area contributed by atoms with Gasteiger partial charge in [-0.15, -0.1) is 11.3 Å². The monoisotopic (exact) mass is 316 g/mol. The predicted molar refractivity (Wildman–Crippen MR) is 85.8 cm³/mol. The topological polar surface area (TPSA) is 63.8 Å². The molecule has 0 aliphatic heterocycles. The smallest absolute Gasteiger partial charge is 0.308 e. The number of ether oxygens (including phenoxy) is 1. The number of aryl methyl sites for hydroxylation is 1. The average molecular weight is 316 g/mol. The molecule has 0 atom stereocenters. The maximum absolute atomic E-state index is 10.8. The summed E-state index contributed by atoms with van der Waals surface area (Å²) in [5, 5.41) is 8.85. The number of hydrogen-bond acceptors (Lipinski definition) is 4. The molecule has 0 saturated heterocycles. The van der Waals surface area contributed by atoms with Crippen LogP contribution in [0.3, 0.4) is 0 Å². The minimum Gasteiger partial charge on any atom is -0.496 e. The number of carboxylic acid groups (broad SMARTS) is 1. The van der Waals surface area contributed by atoms with E-state index in [4.69, 9.17) is 9.84 Å². The number of thiazole rings is 1. The predicted octanol–water partition coefficient (Wildman–Crippen LogP) is 3.26. The first-order valence-corrected chi connectivity index (χ1v) is 7.79. The Morgan fingerprint density at radius 3 is 2.86 bits per heavy atom. The van der Waals surface area contributed by atoms with Crippen LogP contribution in [0.15, 0.2) is 30.6 Å². The summed E-state index contributed by atoms with van der Waals surface area (Å²) in [6.45, 7) is 2.11. The Labute approximate surface area is 131 Å². The van der Waals surface area contributed by atoms with Gasteiger partial charge < -0.3 is 9.84 Å². The molecule has 0 radical (unpaired) electrons. The van der Waals surface area contributed by atoms with Crippen LogP contribution in [0.5, 0.6) is 5.75 Å². The van der Waals surface area contributed by atoms with Crippen LogP contribution in [0.2, 0.25) is 0 Å². The van der Waals surface area contributed by atoms with Crippen molar-refractivity contribution in [2.24, 2.45) is 0 Å². The normalized spacial score (nSPS) is 11.0. The first-order chi connectivity index (χ1) is 10.6. The number of aromatic nitrogens is 2. The van der Waals surface area contributed by atoms with Gasteiger partial charge in [-0.05, 0) is 24.1 Å². The number of imidazole rings is 1. The van der Waals surface area contributed by atoms with E-state index in [2.05, 4.69) is 18.0 Å². The van der Waals surface area contributed by atoms with Crippen molar-refractivity contribution in [3.63, 3.8) is 0 Å². The molecule has 1 aromatic carbocycles. The second kappa shape index (κ2) is 5.81. The highest BCUT2D eigenvalue weighted by atomic mass is 32.1. The highest BCUT2D eigenvalue weighted by Crippen LogP contribution is 2.32. The van der Waals surface area contributed by atoms with Crippen molar-refractivity contribution in [3.8, 4) is 17.0 Å². The molecular weight excluding hydrogens is 300 g/mol. The average Bonchev–Trinajstić information content (AvgIpc) is 3.03. The van der Waals surface area contributed by atoms with E-state index in [1.165, 1.54) is 16.9 Å². The van der Waals surface area contributed by atoms with Gasteiger partial charge in [0.25, 0.3) is 0 Å². The lowest BCUT2D eigenvalue weighted by Gasteiger charge is -2.07. The van der Waals surface area contributed by atoms with Crippen molar-refractivity contribution in [2.45, 2.75) is 19.8 Å². The number of aliphatic carboxylic acids is 1. The van der Waals surface area contributed by atoms with Gasteiger partial charge in [0, 0.05) is 22.8 Å². The van der Waals surface area contributed by atoms with Gasteiger partial charge >= 0.3 is 5.97 Å². The Morgan fingerprint density at radius 1 is 1.41 bits per heavy atom. The van der Waals surface area contributed by atoms with Gasteiger partial charge in [0.2, 0.25) is 0 Å². The lowest BCUT2D eigenvalue weighted by Crippen LogP contribution is -1.97. The van der Waals surface area contributed by atoms with Crippen molar-refractivity contribution in [2.75, 3.05) is 7.11 Å². The zero-order valence-electron chi connectivity index (χ0n) is 12.4. The quantitative estimate of drug-likeness (QED) is 0.784. The number of hydrogen-bond donors (Lipinski definition) is 1. The van der Waals surface area contributed by atoms with Crippen molar-refractivity contribution in [3.05, 3.63) is 41.0 Å². The molecular formula is C16H16N2O3S. The van der Waals surface area contributed by atoms with Gasteiger partial charge in [0.15, 0.2) is 4.96 Å². The summed E-state index contributed by atoms with van der Waals surface area (Å²) < 4.78 is 7.30. The number of fused-ring (bicyclic) bond motifs is 1. The summed E-state index contributed by atoms with van der Waals surface area (Å²) in [6, 6.07) is 6.09. The molecule has 0 aliphatic carbocycles. The molecule has 3 rings (SSSR count). The largest absolute Gasteiger partial charge is 0.496 e. The molecule has 0 unspecified atom stereocenters. The number of carboxylic acids is 1. The van der Waals surface area contributed by atoms with E-state index in [0.29, 0.717) is 0 Å². The molecule has 0 amide bonds. The van der Waals surface area contributed by atoms with Crippen molar-refractivity contribution in [1.82, 2.24) is 9.38 Å². The van der Waals surface area contributed by atoms with E-state index in [9.17, 15) is 4.79 Å². The van der Waals surface area contributed by atoms with E-state index in [1.807, 2.05) is 28.9 Å². The number of benzene rings is 1. The van der Waals surface area contributed by atoms with Crippen LogP contribution >= 0.6 is 11.3 Å². The van der Waals surface area contributed by atoms with E-state index in [-0.39, 0.29) is 6.42 Å². The Bertz CT molecular complexity index is 804. The van der Waals surface area contributed by atoms with Gasteiger partial charge in [0.05, 0.1) is 19.2 Å². The summed E-state index contributed by atoms with van der Waals surface area (Å²) in [5.41, 5.74) is 3.01. The van der Waals surface area contributed by atoms with Gasteiger partial charge in [-0.3, -0.25) is 9.20 Å². The molecule has 22 heavy (non-hydrogen) atoms. The van der Waals surface area contributed by atoms with E-state index < -0.39 is 5.97 Å². The lowest BCUT2D eigenvalue weighted by atomic mass is 10.1. The van der Waals surface area contributed by atoms with Crippen molar-refractivity contribution >= 4 is 22.3 Å². The Kier molecular flexibility index (Phi) is 3.85. The van der Waals surface area contributed by atoms with E-state index in [0.717, 1.165) is 33.3 Å². The standard InChI is InChI=1S/C16H16N2O3S/c1-3-10-4-5-14(21-2)12(6-10)13-9-18-8-11(7-15(19)20)22-16(18)17-13/h4-6,8-9H,3,7H2,1-2H3,(H,19,20). The molecule has 5 nitrogen and oxygen atoms in total. The summed E-state index contributed by atoms with van der Waals surface area (Å²) in [6.07, 6.45) is 4.70. The zero-order chi connectivity index (χ0) is 15.7. The number of rotatable bonds is 5. The fourth-order valence-electron chi connectivity index (χ4n) is 2.38. The summed E-state index contributed by atoms with van der Waals surface area (Å²) in [5.74, 6) is -0.0456. The van der Waals surface area contributed by atoms with Gasteiger partial charge in [-0.25, -0.2) is 4.98 Å².